The summed E-state index contributed by atoms with van der Waals surface area (Å²) < 4.78 is 0. The number of nitrogens with zero attached hydrogens (tertiary/aromatic N) is 2. The second kappa shape index (κ2) is 5.57. The van der Waals surface area contributed by atoms with Gasteiger partial charge in [-0.3, -0.25) is 4.98 Å². The van der Waals surface area contributed by atoms with Crippen LogP contribution >= 0.6 is 0 Å². The molecule has 1 saturated carbocycles. The van der Waals surface area contributed by atoms with Crippen molar-refractivity contribution in [3.8, 4) is 0 Å². The van der Waals surface area contributed by atoms with Crippen LogP contribution in [0.5, 0.6) is 0 Å². The highest BCUT2D eigenvalue weighted by Gasteiger charge is 2.48. The molecule has 0 bridgehead atoms. The largest absolute Gasteiger partial charge is 0.401 e. The molecular weight excluding hydrogens is 320 g/mol. The summed E-state index contributed by atoms with van der Waals surface area (Å²) in [4.78, 5) is 9.22. The van der Waals surface area contributed by atoms with E-state index in [-0.39, 0.29) is 5.41 Å². The van der Waals surface area contributed by atoms with Gasteiger partial charge >= 0.3 is 0 Å². The number of aliphatic imine (C=N–C) groups is 1. The van der Waals surface area contributed by atoms with Crippen molar-refractivity contribution >= 4 is 5.84 Å². The molecule has 26 heavy (non-hydrogen) atoms. The molecular formula is C22H28N4. The molecule has 3 aliphatic rings. The summed E-state index contributed by atoms with van der Waals surface area (Å²) in [6, 6.07) is 4.09. The van der Waals surface area contributed by atoms with Crippen molar-refractivity contribution in [1.82, 2.24) is 4.98 Å². The van der Waals surface area contributed by atoms with Gasteiger partial charge in [0.05, 0.1) is 5.41 Å². The molecule has 1 fully saturated rings. The Morgan fingerprint density at radius 2 is 1.96 bits per heavy atom. The van der Waals surface area contributed by atoms with Gasteiger partial charge in [-0.25, -0.2) is 4.99 Å². The highest BCUT2D eigenvalue weighted by atomic mass is 14.9. The van der Waals surface area contributed by atoms with Gasteiger partial charge < -0.3 is 11.5 Å². The topological polar surface area (TPSA) is 77.3 Å². The first kappa shape index (κ1) is 17.1. The third-order valence-electron chi connectivity index (χ3n) is 6.04. The van der Waals surface area contributed by atoms with E-state index in [0.29, 0.717) is 11.8 Å². The third kappa shape index (κ3) is 2.51. The fourth-order valence-electron chi connectivity index (χ4n) is 4.78. The van der Waals surface area contributed by atoms with E-state index in [4.69, 9.17) is 16.5 Å². The summed E-state index contributed by atoms with van der Waals surface area (Å²) in [5, 5.41) is 0. The molecule has 2 heterocycles. The maximum atomic E-state index is 6.62. The van der Waals surface area contributed by atoms with E-state index in [2.05, 4.69) is 38.4 Å². The number of aromatic nitrogens is 1. The number of allylic oxidation sites excluding steroid dienone is 4. The van der Waals surface area contributed by atoms with Crippen molar-refractivity contribution < 1.29 is 0 Å². The molecule has 0 spiro atoms. The van der Waals surface area contributed by atoms with Gasteiger partial charge in [-0.15, -0.1) is 0 Å². The van der Waals surface area contributed by atoms with Gasteiger partial charge in [0.25, 0.3) is 0 Å². The Balaban J connectivity index is 2.01. The van der Waals surface area contributed by atoms with Crippen LogP contribution in [0, 0.1) is 11.3 Å². The molecule has 1 atom stereocenters. The lowest BCUT2D eigenvalue weighted by molar-refractivity contribution is 0.338. The second-order valence-electron chi connectivity index (χ2n) is 8.91. The fraction of sp³-hybridized carbons (Fsp3) is 0.455. The average Bonchev–Trinajstić information content (AvgIpc) is 3.38. The Morgan fingerprint density at radius 1 is 1.23 bits per heavy atom. The number of amidine groups is 1. The molecule has 1 aromatic heterocycles. The molecule has 4 heteroatoms. The molecule has 1 unspecified atom stereocenters. The van der Waals surface area contributed by atoms with Crippen LogP contribution in [0.4, 0.5) is 0 Å². The van der Waals surface area contributed by atoms with Crippen LogP contribution in [0.25, 0.3) is 0 Å². The van der Waals surface area contributed by atoms with E-state index in [1.165, 1.54) is 5.57 Å². The Kier molecular flexibility index (Phi) is 3.66. The number of hydrogen-bond donors (Lipinski definition) is 2. The molecule has 4 N–H and O–H groups in total. The van der Waals surface area contributed by atoms with Gasteiger partial charge in [-0.1, -0.05) is 26.5 Å². The number of hydrogen-bond acceptors (Lipinski definition) is 4. The van der Waals surface area contributed by atoms with E-state index >= 15 is 0 Å². The summed E-state index contributed by atoms with van der Waals surface area (Å²) in [6.07, 6.45) is 7.84. The van der Waals surface area contributed by atoms with Crippen LogP contribution in [-0.2, 0) is 5.41 Å². The highest BCUT2D eigenvalue weighted by Crippen LogP contribution is 2.55. The number of nitrogens with two attached hydrogens (primary N) is 2. The van der Waals surface area contributed by atoms with Gasteiger partial charge in [-0.2, -0.15) is 0 Å². The Labute approximate surface area is 155 Å². The first-order valence-corrected chi connectivity index (χ1v) is 9.41. The van der Waals surface area contributed by atoms with Crippen molar-refractivity contribution in [2.24, 2.45) is 27.8 Å². The summed E-state index contributed by atoms with van der Waals surface area (Å²) in [7, 11) is 0. The van der Waals surface area contributed by atoms with Gasteiger partial charge in [0, 0.05) is 29.4 Å². The van der Waals surface area contributed by atoms with Gasteiger partial charge in [0.1, 0.15) is 5.84 Å². The molecule has 4 nitrogen and oxygen atoms in total. The average molecular weight is 348 g/mol. The van der Waals surface area contributed by atoms with Crippen LogP contribution < -0.4 is 11.5 Å². The van der Waals surface area contributed by atoms with Crippen LogP contribution in [0.1, 0.15) is 52.0 Å². The summed E-state index contributed by atoms with van der Waals surface area (Å²) in [5.74, 6) is 0.982. The Hall–Kier alpha value is -2.36. The Morgan fingerprint density at radius 3 is 2.58 bits per heavy atom. The maximum absolute atomic E-state index is 6.62. The third-order valence-corrected chi connectivity index (χ3v) is 6.04. The summed E-state index contributed by atoms with van der Waals surface area (Å²) >= 11 is 0. The molecule has 2 aliphatic carbocycles. The quantitative estimate of drug-likeness (QED) is 0.849. The van der Waals surface area contributed by atoms with Crippen molar-refractivity contribution in [1.29, 1.82) is 0 Å². The highest BCUT2D eigenvalue weighted by molar-refractivity contribution is 6.03. The monoisotopic (exact) mass is 348 g/mol. The van der Waals surface area contributed by atoms with Crippen molar-refractivity contribution in [3.63, 3.8) is 0 Å². The van der Waals surface area contributed by atoms with E-state index in [0.717, 1.165) is 53.8 Å². The first-order chi connectivity index (χ1) is 12.2. The minimum Gasteiger partial charge on any atom is -0.401 e. The van der Waals surface area contributed by atoms with E-state index < -0.39 is 5.41 Å². The lowest BCUT2D eigenvalue weighted by Gasteiger charge is -2.45. The van der Waals surface area contributed by atoms with Crippen molar-refractivity contribution in [2.75, 3.05) is 0 Å². The van der Waals surface area contributed by atoms with Crippen LogP contribution in [0.3, 0.4) is 0 Å². The Bertz CT molecular complexity index is 869. The maximum Gasteiger partial charge on any atom is 0.129 e. The smallest absolute Gasteiger partial charge is 0.129 e. The molecule has 0 amide bonds. The fourth-order valence-corrected chi connectivity index (χ4v) is 4.78. The molecule has 1 aromatic rings. The molecule has 0 saturated heterocycles. The zero-order chi connectivity index (χ0) is 18.7. The lowest BCUT2D eigenvalue weighted by Crippen LogP contribution is -2.43. The summed E-state index contributed by atoms with van der Waals surface area (Å²) in [6.45, 7) is 11.2. The number of pyridine rings is 1. The minimum atomic E-state index is -0.449. The molecule has 1 aliphatic heterocycles. The van der Waals surface area contributed by atoms with E-state index in [9.17, 15) is 0 Å². The summed E-state index contributed by atoms with van der Waals surface area (Å²) in [5.41, 5.74) is 19.2. The van der Waals surface area contributed by atoms with Crippen LogP contribution in [0.2, 0.25) is 0 Å². The second-order valence-corrected chi connectivity index (χ2v) is 8.91. The van der Waals surface area contributed by atoms with Gasteiger partial charge in [0.15, 0.2) is 0 Å². The van der Waals surface area contributed by atoms with E-state index in [1.54, 1.807) is 6.20 Å². The van der Waals surface area contributed by atoms with Crippen molar-refractivity contribution in [2.45, 2.75) is 51.9 Å². The molecule has 0 radical (unpaired) electrons. The zero-order valence-electron chi connectivity index (χ0n) is 16.0. The zero-order valence-corrected chi connectivity index (χ0v) is 16.0. The van der Waals surface area contributed by atoms with Crippen LogP contribution in [-0.4, -0.2) is 10.8 Å². The molecule has 0 aromatic carbocycles. The minimum absolute atomic E-state index is 0.138. The van der Waals surface area contributed by atoms with Crippen molar-refractivity contribution in [3.05, 3.63) is 64.8 Å². The lowest BCUT2D eigenvalue weighted by atomic mass is 9.60. The predicted molar refractivity (Wildman–Crippen MR) is 106 cm³/mol. The van der Waals surface area contributed by atoms with Gasteiger partial charge in [0.2, 0.25) is 0 Å². The standard InChI is InChI=1S/C22H28N4/c1-13-10-21(2,3)11-16-17(13)22(4,15-6-5-9-25-12-15)18(20(24)26-16)19(23)14-7-8-14/h5-6,9,12,14H,1,7-8,10-11,23H2,2-4H3,(H2,24,26)/b19-18+. The van der Waals surface area contributed by atoms with E-state index in [1.807, 2.05) is 12.3 Å². The number of rotatable bonds is 2. The first-order valence-electron chi connectivity index (χ1n) is 9.41. The van der Waals surface area contributed by atoms with Gasteiger partial charge in [-0.05, 0) is 66.7 Å². The SMILES string of the molecule is C=C1CC(C)(C)CC2=C1C(C)(c1cccnc1)/C(=C(/N)C1CC1)C(N)=N2. The normalized spacial score (nSPS) is 30.0. The van der Waals surface area contributed by atoms with Crippen LogP contribution in [0.15, 0.2) is 64.2 Å². The predicted octanol–water partition coefficient (Wildman–Crippen LogP) is 3.96. The molecule has 136 valence electrons. The molecule has 4 rings (SSSR count).